The molecule has 0 aliphatic carbocycles. The van der Waals surface area contributed by atoms with Gasteiger partial charge in [-0.1, -0.05) is 12.8 Å². The highest BCUT2D eigenvalue weighted by Gasteiger charge is 2.10. The van der Waals surface area contributed by atoms with Gasteiger partial charge in [-0.3, -0.25) is 14.3 Å². The van der Waals surface area contributed by atoms with Crippen LogP contribution >= 0.6 is 11.8 Å². The summed E-state index contributed by atoms with van der Waals surface area (Å²) in [6, 6.07) is 0. The van der Waals surface area contributed by atoms with Crippen LogP contribution in [0.3, 0.4) is 0 Å². The predicted octanol–water partition coefficient (Wildman–Crippen LogP) is 1.47. The molecular weight excluding hydrogens is 276 g/mol. The van der Waals surface area contributed by atoms with E-state index in [9.17, 15) is 9.59 Å². The van der Waals surface area contributed by atoms with Crippen LogP contribution in [0.25, 0.3) is 0 Å². The lowest BCUT2D eigenvalue weighted by Crippen LogP contribution is -2.33. The van der Waals surface area contributed by atoms with E-state index >= 15 is 0 Å². The van der Waals surface area contributed by atoms with Crippen LogP contribution in [0.2, 0.25) is 0 Å². The Balaban J connectivity index is 2.52. The van der Waals surface area contributed by atoms with Crippen LogP contribution in [0, 0.1) is 0 Å². The fourth-order valence-electron chi connectivity index (χ4n) is 2.01. The Morgan fingerprint density at radius 3 is 2.60 bits per heavy atom. The van der Waals surface area contributed by atoms with E-state index in [1.807, 2.05) is 18.7 Å². The van der Waals surface area contributed by atoms with Crippen molar-refractivity contribution in [2.45, 2.75) is 39.2 Å². The number of hydrogen-bond donors (Lipinski definition) is 3. The third-order valence-corrected chi connectivity index (χ3v) is 3.83. The fraction of sp³-hybridized carbons (Fsp3) is 0.692. The molecule has 0 spiro atoms. The van der Waals surface area contributed by atoms with E-state index < -0.39 is 11.2 Å². The molecule has 7 heteroatoms. The minimum absolute atomic E-state index is 0.212. The molecule has 0 radical (unpaired) electrons. The summed E-state index contributed by atoms with van der Waals surface area (Å²) in [6.07, 6.45) is 6.64. The van der Waals surface area contributed by atoms with E-state index in [2.05, 4.69) is 16.6 Å². The van der Waals surface area contributed by atoms with Crippen molar-refractivity contribution in [3.05, 3.63) is 20.8 Å². The van der Waals surface area contributed by atoms with Gasteiger partial charge >= 0.3 is 5.69 Å². The number of nitrogens with two attached hydrogens (primary N) is 1. The molecule has 0 aliphatic rings. The maximum absolute atomic E-state index is 11.7. The Morgan fingerprint density at radius 1 is 1.25 bits per heavy atom. The Kier molecular flexibility index (Phi) is 7.28. The van der Waals surface area contributed by atoms with Gasteiger partial charge in [-0.05, 0) is 31.8 Å². The first-order valence-corrected chi connectivity index (χ1v) is 8.36. The van der Waals surface area contributed by atoms with E-state index in [-0.39, 0.29) is 5.82 Å². The van der Waals surface area contributed by atoms with Gasteiger partial charge in [0.25, 0.3) is 5.56 Å². The average Bonchev–Trinajstić information content (AvgIpc) is 2.41. The molecule has 1 aromatic rings. The van der Waals surface area contributed by atoms with E-state index in [0.717, 1.165) is 12.8 Å². The monoisotopic (exact) mass is 300 g/mol. The summed E-state index contributed by atoms with van der Waals surface area (Å²) < 4.78 is 1.35. The van der Waals surface area contributed by atoms with Crippen molar-refractivity contribution in [2.24, 2.45) is 0 Å². The lowest BCUT2D eigenvalue weighted by atomic mass is 10.2. The maximum Gasteiger partial charge on any atom is 0.330 e. The minimum Gasteiger partial charge on any atom is -0.383 e. The van der Waals surface area contributed by atoms with Crippen LogP contribution in [0.1, 0.15) is 32.6 Å². The zero-order valence-electron chi connectivity index (χ0n) is 12.2. The number of anilines is 2. The normalized spacial score (nSPS) is 10.7. The summed E-state index contributed by atoms with van der Waals surface area (Å²) in [5.41, 5.74) is 5.25. The number of nitrogens with zero attached hydrogens (tertiary/aromatic N) is 1. The van der Waals surface area contributed by atoms with E-state index in [1.165, 1.54) is 23.2 Å². The quantitative estimate of drug-likeness (QED) is 0.601. The molecule has 0 unspecified atom stereocenters. The second-order valence-corrected chi connectivity index (χ2v) is 5.58. The zero-order chi connectivity index (χ0) is 15.0. The van der Waals surface area contributed by atoms with Crippen LogP contribution in [0.4, 0.5) is 11.5 Å². The summed E-state index contributed by atoms with van der Waals surface area (Å²) in [5, 5.41) is 3.04. The molecule has 20 heavy (non-hydrogen) atoms. The predicted molar refractivity (Wildman–Crippen MR) is 86.7 cm³/mol. The number of aromatic amines is 1. The van der Waals surface area contributed by atoms with Crippen molar-refractivity contribution >= 4 is 23.3 Å². The molecule has 0 aromatic carbocycles. The third-order valence-electron chi connectivity index (χ3n) is 3.13. The summed E-state index contributed by atoms with van der Waals surface area (Å²) in [4.78, 5) is 25.5. The zero-order valence-corrected chi connectivity index (χ0v) is 13.0. The number of nitrogen functional groups attached to an aromatic ring is 1. The second kappa shape index (κ2) is 8.73. The number of rotatable bonds is 9. The lowest BCUT2D eigenvalue weighted by Gasteiger charge is -2.12. The molecule has 0 fully saturated rings. The first kappa shape index (κ1) is 16.7. The SMILES string of the molecule is CCn1c(N)c(NCCCCCCSC)c(=O)[nH]c1=O. The first-order valence-electron chi connectivity index (χ1n) is 6.97. The molecule has 6 nitrogen and oxygen atoms in total. The fourth-order valence-corrected chi connectivity index (χ4v) is 2.50. The van der Waals surface area contributed by atoms with Crippen molar-refractivity contribution in [3.63, 3.8) is 0 Å². The minimum atomic E-state index is -0.461. The van der Waals surface area contributed by atoms with E-state index in [4.69, 9.17) is 5.73 Å². The van der Waals surface area contributed by atoms with Crippen molar-refractivity contribution < 1.29 is 0 Å². The van der Waals surface area contributed by atoms with Gasteiger partial charge in [0.2, 0.25) is 0 Å². The van der Waals surface area contributed by atoms with Crippen molar-refractivity contribution in [1.82, 2.24) is 9.55 Å². The molecule has 0 saturated carbocycles. The van der Waals surface area contributed by atoms with Gasteiger partial charge in [0.15, 0.2) is 0 Å². The average molecular weight is 300 g/mol. The Labute approximate surface area is 123 Å². The second-order valence-electron chi connectivity index (χ2n) is 4.60. The van der Waals surface area contributed by atoms with Gasteiger partial charge in [0.1, 0.15) is 11.5 Å². The Bertz CT molecular complexity index is 524. The molecule has 0 atom stereocenters. The van der Waals surface area contributed by atoms with Crippen LogP contribution < -0.4 is 22.3 Å². The Hall–Kier alpha value is -1.37. The van der Waals surface area contributed by atoms with Crippen LogP contribution in [0.15, 0.2) is 9.59 Å². The smallest absolute Gasteiger partial charge is 0.330 e. The number of H-pyrrole nitrogens is 1. The van der Waals surface area contributed by atoms with Gasteiger partial charge in [-0.15, -0.1) is 0 Å². The standard InChI is InChI=1S/C13H24N4O2S/c1-3-17-11(14)10(12(18)16-13(17)19)15-8-6-4-5-7-9-20-2/h15H,3-9,14H2,1-2H3,(H,16,18,19). The molecular formula is C13H24N4O2S. The van der Waals surface area contributed by atoms with Gasteiger partial charge in [-0.25, -0.2) is 4.79 Å². The highest BCUT2D eigenvalue weighted by Crippen LogP contribution is 2.10. The van der Waals surface area contributed by atoms with Gasteiger partial charge in [-0.2, -0.15) is 11.8 Å². The molecule has 1 rings (SSSR count). The van der Waals surface area contributed by atoms with Crippen molar-refractivity contribution in [3.8, 4) is 0 Å². The molecule has 4 N–H and O–H groups in total. The van der Waals surface area contributed by atoms with Crippen molar-refractivity contribution in [2.75, 3.05) is 29.6 Å². The molecule has 1 heterocycles. The molecule has 114 valence electrons. The molecule has 1 aromatic heterocycles. The lowest BCUT2D eigenvalue weighted by molar-refractivity contribution is 0.684. The highest BCUT2D eigenvalue weighted by atomic mass is 32.2. The van der Waals surface area contributed by atoms with Crippen LogP contribution in [0.5, 0.6) is 0 Å². The van der Waals surface area contributed by atoms with Crippen molar-refractivity contribution in [1.29, 1.82) is 0 Å². The van der Waals surface area contributed by atoms with Gasteiger partial charge in [0, 0.05) is 13.1 Å². The first-order chi connectivity index (χ1) is 9.61. The van der Waals surface area contributed by atoms with Crippen LogP contribution in [-0.2, 0) is 6.54 Å². The summed E-state index contributed by atoms with van der Waals surface area (Å²) in [6.45, 7) is 2.94. The number of unbranched alkanes of at least 4 members (excludes halogenated alkanes) is 3. The number of thioether (sulfide) groups is 1. The third kappa shape index (κ3) is 4.63. The van der Waals surface area contributed by atoms with E-state index in [1.54, 1.807) is 0 Å². The number of hydrogen-bond acceptors (Lipinski definition) is 5. The van der Waals surface area contributed by atoms with E-state index in [0.29, 0.717) is 18.8 Å². The largest absolute Gasteiger partial charge is 0.383 e. The summed E-state index contributed by atoms with van der Waals surface area (Å²) in [5.74, 6) is 1.41. The summed E-state index contributed by atoms with van der Waals surface area (Å²) in [7, 11) is 0. The maximum atomic E-state index is 11.7. The Morgan fingerprint density at radius 2 is 1.95 bits per heavy atom. The molecule has 0 aliphatic heterocycles. The summed E-state index contributed by atoms with van der Waals surface area (Å²) >= 11 is 1.86. The van der Waals surface area contributed by atoms with Gasteiger partial charge < -0.3 is 11.1 Å². The molecule has 0 bridgehead atoms. The topological polar surface area (TPSA) is 92.9 Å². The molecule has 0 amide bonds. The van der Waals surface area contributed by atoms with Gasteiger partial charge in [0.05, 0.1) is 0 Å². The number of nitrogens with one attached hydrogen (secondary N) is 2. The number of aromatic nitrogens is 2. The molecule has 0 saturated heterocycles. The highest BCUT2D eigenvalue weighted by molar-refractivity contribution is 7.98. The van der Waals surface area contributed by atoms with Crippen LogP contribution in [-0.4, -0.2) is 28.1 Å².